The van der Waals surface area contributed by atoms with Gasteiger partial charge in [-0.25, -0.2) is 4.98 Å². The van der Waals surface area contributed by atoms with Crippen LogP contribution in [0.15, 0.2) is 6.20 Å². The van der Waals surface area contributed by atoms with E-state index in [1.54, 1.807) is 12.5 Å². The number of rotatable bonds is 4. The lowest BCUT2D eigenvalue weighted by atomic mass is 10.7. The average Bonchev–Trinajstić information content (AvgIpc) is 2.35. The van der Waals surface area contributed by atoms with Gasteiger partial charge >= 0.3 is 0 Å². The van der Waals surface area contributed by atoms with E-state index < -0.39 is 10.8 Å². The van der Waals surface area contributed by atoms with Crippen molar-refractivity contribution in [1.82, 2.24) is 4.98 Å². The summed E-state index contributed by atoms with van der Waals surface area (Å²) in [5.41, 5.74) is 5.47. The fourth-order valence-electron chi connectivity index (χ4n) is 0.670. The summed E-state index contributed by atoms with van der Waals surface area (Å²) in [4.78, 5) is 4.00. The van der Waals surface area contributed by atoms with Crippen LogP contribution in [0.3, 0.4) is 0 Å². The Balaban J connectivity index is 2.29. The number of hydrogen-bond acceptors (Lipinski definition) is 5. The monoisotopic (exact) mass is 205 g/mol. The van der Waals surface area contributed by atoms with Crippen molar-refractivity contribution in [2.45, 2.75) is 0 Å². The molecule has 0 amide bonds. The normalized spacial score (nSPS) is 12.8. The molecule has 0 fully saturated rings. The molecule has 0 saturated heterocycles. The molecule has 1 heterocycles. The van der Waals surface area contributed by atoms with E-state index in [-0.39, 0.29) is 0 Å². The number of nitrogens with one attached hydrogen (secondary N) is 1. The number of anilines is 2. The fraction of sp³-hybridized carbons (Fsp3) is 0.500. The van der Waals surface area contributed by atoms with Gasteiger partial charge in [-0.2, -0.15) is 0 Å². The molecule has 0 aliphatic heterocycles. The molecule has 1 atom stereocenters. The molecule has 0 bridgehead atoms. The van der Waals surface area contributed by atoms with E-state index in [2.05, 4.69) is 10.3 Å². The predicted molar refractivity (Wildman–Crippen MR) is 53.9 cm³/mol. The third-order valence-corrected chi connectivity index (χ3v) is 2.75. The summed E-state index contributed by atoms with van der Waals surface area (Å²) in [7, 11) is -0.749. The molecule has 1 aromatic rings. The molecule has 1 rings (SSSR count). The molecule has 1 unspecified atom stereocenters. The molecule has 0 aromatic carbocycles. The molecule has 6 heteroatoms. The van der Waals surface area contributed by atoms with Crippen LogP contribution in [0.1, 0.15) is 0 Å². The van der Waals surface area contributed by atoms with Crippen LogP contribution in [-0.4, -0.2) is 27.7 Å². The highest BCUT2D eigenvalue weighted by Crippen LogP contribution is 2.18. The van der Waals surface area contributed by atoms with Crippen molar-refractivity contribution in [2.75, 3.05) is 29.6 Å². The second kappa shape index (κ2) is 4.42. The smallest absolute Gasteiger partial charge is 0.184 e. The van der Waals surface area contributed by atoms with E-state index in [0.717, 1.165) is 5.13 Å². The van der Waals surface area contributed by atoms with Gasteiger partial charge in [0, 0.05) is 29.4 Å². The molecular weight excluding hydrogens is 194 g/mol. The summed E-state index contributed by atoms with van der Waals surface area (Å²) in [6.07, 6.45) is 3.29. The lowest BCUT2D eigenvalue weighted by molar-refractivity contribution is 0.687. The summed E-state index contributed by atoms with van der Waals surface area (Å²) in [6, 6.07) is 0. The maximum atomic E-state index is 10.7. The molecule has 1 aromatic heterocycles. The summed E-state index contributed by atoms with van der Waals surface area (Å²) >= 11 is 1.40. The van der Waals surface area contributed by atoms with Gasteiger partial charge in [-0.05, 0) is 0 Å². The van der Waals surface area contributed by atoms with Crippen molar-refractivity contribution in [2.24, 2.45) is 0 Å². The molecule has 12 heavy (non-hydrogen) atoms. The standard InChI is InChI=1S/C6H11N3OS2/c1-12(10)3-2-8-6-9-4-5(7)11-6/h4H,2-3,7H2,1H3,(H,8,9). The van der Waals surface area contributed by atoms with E-state index in [4.69, 9.17) is 5.73 Å². The Labute approximate surface area is 77.7 Å². The van der Waals surface area contributed by atoms with Crippen molar-refractivity contribution in [3.8, 4) is 0 Å². The quantitative estimate of drug-likeness (QED) is 0.752. The second-order valence-corrected chi connectivity index (χ2v) is 4.89. The van der Waals surface area contributed by atoms with Crippen molar-refractivity contribution >= 4 is 32.3 Å². The Bertz CT molecular complexity index is 274. The van der Waals surface area contributed by atoms with Gasteiger partial charge in [-0.1, -0.05) is 11.3 Å². The number of nitrogens with two attached hydrogens (primary N) is 1. The Morgan fingerprint density at radius 2 is 2.58 bits per heavy atom. The first-order chi connectivity index (χ1) is 5.68. The van der Waals surface area contributed by atoms with Gasteiger partial charge in [0.15, 0.2) is 5.13 Å². The Morgan fingerprint density at radius 1 is 1.83 bits per heavy atom. The highest BCUT2D eigenvalue weighted by molar-refractivity contribution is 7.84. The summed E-state index contributed by atoms with van der Waals surface area (Å²) in [6.45, 7) is 0.677. The maximum Gasteiger partial charge on any atom is 0.184 e. The third kappa shape index (κ3) is 3.19. The molecule has 0 spiro atoms. The van der Waals surface area contributed by atoms with Crippen LogP contribution in [0.25, 0.3) is 0 Å². The Morgan fingerprint density at radius 3 is 3.08 bits per heavy atom. The van der Waals surface area contributed by atoms with Crippen LogP contribution in [0.4, 0.5) is 10.1 Å². The van der Waals surface area contributed by atoms with Crippen LogP contribution in [-0.2, 0) is 10.8 Å². The van der Waals surface area contributed by atoms with Gasteiger partial charge < -0.3 is 11.1 Å². The predicted octanol–water partition coefficient (Wildman–Crippen LogP) is 0.516. The highest BCUT2D eigenvalue weighted by atomic mass is 32.2. The topological polar surface area (TPSA) is 68.0 Å². The molecule has 0 aliphatic rings. The largest absolute Gasteiger partial charge is 0.389 e. The molecule has 4 nitrogen and oxygen atoms in total. The van der Waals surface area contributed by atoms with E-state index >= 15 is 0 Å². The van der Waals surface area contributed by atoms with Crippen LogP contribution in [0, 0.1) is 0 Å². The molecular formula is C6H11N3OS2. The SMILES string of the molecule is CS(=O)CCNc1ncc(N)s1. The number of aromatic nitrogens is 1. The van der Waals surface area contributed by atoms with Gasteiger partial charge in [-0.15, -0.1) is 0 Å². The van der Waals surface area contributed by atoms with Crippen molar-refractivity contribution in [3.05, 3.63) is 6.20 Å². The van der Waals surface area contributed by atoms with Crippen molar-refractivity contribution in [3.63, 3.8) is 0 Å². The zero-order chi connectivity index (χ0) is 8.97. The molecule has 68 valence electrons. The number of hydrogen-bond donors (Lipinski definition) is 2. The lowest BCUT2D eigenvalue weighted by Gasteiger charge is -1.98. The highest BCUT2D eigenvalue weighted by Gasteiger charge is 1.97. The lowest BCUT2D eigenvalue weighted by Crippen LogP contribution is -2.09. The fourth-order valence-corrected chi connectivity index (χ4v) is 1.67. The maximum absolute atomic E-state index is 10.7. The van der Waals surface area contributed by atoms with Gasteiger partial charge in [0.25, 0.3) is 0 Å². The number of thiazole rings is 1. The number of nitrogens with zero attached hydrogens (tertiary/aromatic N) is 1. The van der Waals surface area contributed by atoms with Crippen LogP contribution in [0.5, 0.6) is 0 Å². The first-order valence-corrected chi connectivity index (χ1v) is 5.98. The number of nitrogen functional groups attached to an aromatic ring is 1. The third-order valence-electron chi connectivity index (χ3n) is 1.19. The minimum absolute atomic E-state index is 0.638. The summed E-state index contributed by atoms with van der Waals surface area (Å²) < 4.78 is 10.7. The van der Waals surface area contributed by atoms with Crippen LogP contribution >= 0.6 is 11.3 Å². The van der Waals surface area contributed by atoms with Gasteiger partial charge in [-0.3, -0.25) is 4.21 Å². The summed E-state index contributed by atoms with van der Waals surface area (Å²) in [5.74, 6) is 0.638. The minimum Gasteiger partial charge on any atom is -0.389 e. The first kappa shape index (κ1) is 9.47. The van der Waals surface area contributed by atoms with Gasteiger partial charge in [0.05, 0.1) is 6.20 Å². The zero-order valence-corrected chi connectivity index (χ0v) is 8.37. The van der Waals surface area contributed by atoms with E-state index in [1.807, 2.05) is 0 Å². The van der Waals surface area contributed by atoms with E-state index in [9.17, 15) is 4.21 Å². The van der Waals surface area contributed by atoms with Crippen molar-refractivity contribution < 1.29 is 4.21 Å². The van der Waals surface area contributed by atoms with Crippen LogP contribution in [0.2, 0.25) is 0 Å². The van der Waals surface area contributed by atoms with E-state index in [0.29, 0.717) is 17.3 Å². The minimum atomic E-state index is -0.749. The van der Waals surface area contributed by atoms with Gasteiger partial charge in [0.2, 0.25) is 0 Å². The molecule has 0 radical (unpaired) electrons. The summed E-state index contributed by atoms with van der Waals surface area (Å²) in [5, 5.41) is 4.51. The Kier molecular flexibility index (Phi) is 3.48. The molecule has 0 aliphatic carbocycles. The Hall–Kier alpha value is -0.620. The van der Waals surface area contributed by atoms with E-state index in [1.165, 1.54) is 11.3 Å². The second-order valence-electron chi connectivity index (χ2n) is 2.27. The average molecular weight is 205 g/mol. The molecule has 3 N–H and O–H groups in total. The van der Waals surface area contributed by atoms with Gasteiger partial charge in [0.1, 0.15) is 5.00 Å². The zero-order valence-electron chi connectivity index (χ0n) is 6.74. The van der Waals surface area contributed by atoms with Crippen molar-refractivity contribution in [1.29, 1.82) is 0 Å². The first-order valence-electron chi connectivity index (χ1n) is 3.43. The molecule has 0 saturated carbocycles. The van der Waals surface area contributed by atoms with Crippen LogP contribution < -0.4 is 11.1 Å².